The molecule has 150 heavy (non-hydrogen) atoms. The number of hydrogen-bond acceptors (Lipinski definition) is 34. The summed E-state index contributed by atoms with van der Waals surface area (Å²) in [6, 6.07) is 39.2. The van der Waals surface area contributed by atoms with Gasteiger partial charge in [0.15, 0.2) is 0 Å². The first kappa shape index (κ1) is 101. The number of benzene rings is 4. The van der Waals surface area contributed by atoms with Gasteiger partial charge in [-0.05, 0) is 242 Å². The van der Waals surface area contributed by atoms with E-state index in [0.717, 1.165) is 187 Å². The molecule has 8 aliphatic heterocycles. The highest BCUT2D eigenvalue weighted by atomic mass is 16.5. The number of piperidine rings is 2. The largest absolute Gasteiger partial charge is 0.375 e. The van der Waals surface area contributed by atoms with Crippen LogP contribution in [0.3, 0.4) is 0 Å². The number of nitrogens with one attached hydrogen (secondary N) is 8. The molecule has 46 nitrogen and oxygen atoms in total. The smallest absolute Gasteiger partial charge is 0.255 e. The summed E-state index contributed by atoms with van der Waals surface area (Å²) in [4.78, 5) is 87.8. The summed E-state index contributed by atoms with van der Waals surface area (Å²) >= 11 is 0. The number of hydrogen-bond donors (Lipinski definition) is 8. The van der Waals surface area contributed by atoms with Gasteiger partial charge in [-0.1, -0.05) is 74.8 Å². The number of tetrazole rings is 4. The molecule has 4 fully saturated rings. The van der Waals surface area contributed by atoms with Crippen LogP contribution >= 0.6 is 0 Å². The maximum atomic E-state index is 13.2. The lowest BCUT2D eigenvalue weighted by molar-refractivity contribution is -0.114. The molecule has 4 amide bonds. The monoisotopic (exact) mass is 2030 g/mol. The van der Waals surface area contributed by atoms with Crippen LogP contribution in [0.4, 0.5) is 69.8 Å². The fraction of sp³-hybridized carbons (Fsp3) is 0.385. The number of amides is 4. The van der Waals surface area contributed by atoms with Crippen LogP contribution in [0.1, 0.15) is 122 Å². The van der Waals surface area contributed by atoms with Gasteiger partial charge in [0.1, 0.15) is 46.0 Å². The van der Waals surface area contributed by atoms with Crippen molar-refractivity contribution in [2.45, 2.75) is 160 Å². The molecule has 4 aromatic carbocycles. The molecule has 8 N–H and O–H groups in total. The molecule has 20 heterocycles. The van der Waals surface area contributed by atoms with Crippen molar-refractivity contribution in [1.29, 1.82) is 0 Å². The van der Waals surface area contributed by atoms with Crippen molar-refractivity contribution >= 4 is 137 Å². The summed E-state index contributed by atoms with van der Waals surface area (Å²) in [6.45, 7) is 34.2. The number of aromatic nitrogens is 28. The number of H-pyrrole nitrogens is 4. The Morgan fingerprint density at radius 1 is 0.347 bits per heavy atom. The fourth-order valence-corrected chi connectivity index (χ4v) is 19.9. The maximum Gasteiger partial charge on any atom is 0.255 e. The van der Waals surface area contributed by atoms with Gasteiger partial charge in [-0.3, -0.25) is 39.6 Å². The van der Waals surface area contributed by atoms with E-state index in [1.807, 2.05) is 213 Å². The molecule has 0 radical (unpaired) electrons. The third-order valence-corrected chi connectivity index (χ3v) is 28.7. The third kappa shape index (κ3) is 21.1. The summed E-state index contributed by atoms with van der Waals surface area (Å²) in [5.74, 6) is 6.89. The second-order valence-corrected chi connectivity index (χ2v) is 37.8. The lowest BCUT2D eigenvalue weighted by Crippen LogP contribution is -2.41. The fourth-order valence-electron chi connectivity index (χ4n) is 19.9. The number of carbonyl (C=O) groups is 4. The average molecular weight is 2030 g/mol. The minimum Gasteiger partial charge on any atom is -0.375 e. The van der Waals surface area contributed by atoms with Crippen LogP contribution in [0.5, 0.6) is 0 Å². The molecule has 0 bridgehead atoms. The van der Waals surface area contributed by atoms with Crippen molar-refractivity contribution in [1.82, 2.24) is 142 Å². The van der Waals surface area contributed by atoms with E-state index in [0.29, 0.717) is 120 Å². The molecular weight excluding hydrogens is 1910 g/mol. The highest BCUT2D eigenvalue weighted by molar-refractivity contribution is 6.10. The molecule has 776 valence electrons. The molecule has 0 aliphatic carbocycles. The topological polar surface area (TPSA) is 501 Å². The Balaban J connectivity index is 0.000000124. The zero-order valence-corrected chi connectivity index (χ0v) is 87.1. The first-order valence-electron chi connectivity index (χ1n) is 51.0. The van der Waals surface area contributed by atoms with Crippen LogP contribution in [0.25, 0.3) is 88.6 Å². The van der Waals surface area contributed by atoms with Crippen LogP contribution in [-0.4, -0.2) is 271 Å². The lowest BCUT2D eigenvalue weighted by Gasteiger charge is -2.33. The highest BCUT2D eigenvalue weighted by Crippen LogP contribution is 2.40. The van der Waals surface area contributed by atoms with Crippen molar-refractivity contribution in [3.05, 3.63) is 191 Å². The molecular formula is C104H124N40O6. The number of morpholine rings is 2. The molecule has 4 saturated heterocycles. The molecule has 46 heteroatoms. The number of carbonyl (C=O) groups excluding carboxylic acids is 4. The Morgan fingerprint density at radius 2 is 0.600 bits per heavy atom. The molecule has 0 spiro atoms. The number of nitrogens with zero attached hydrogens (tertiary/aromatic N) is 32. The van der Waals surface area contributed by atoms with Crippen molar-refractivity contribution < 1.29 is 28.7 Å². The summed E-state index contributed by atoms with van der Waals surface area (Å²) in [7, 11) is 7.38. The Hall–Kier alpha value is -17.2. The summed E-state index contributed by atoms with van der Waals surface area (Å²) < 4.78 is 17.8. The van der Waals surface area contributed by atoms with Crippen molar-refractivity contribution in [3.63, 3.8) is 0 Å². The van der Waals surface area contributed by atoms with Crippen LogP contribution in [0.2, 0.25) is 0 Å². The van der Waals surface area contributed by atoms with Crippen LogP contribution in [-0.2, 0) is 54.8 Å². The van der Waals surface area contributed by atoms with Crippen molar-refractivity contribution in [3.8, 4) is 45.0 Å². The quantitative estimate of drug-likeness (QED) is 0.0395. The Kier molecular flexibility index (Phi) is 30.2. The van der Waals surface area contributed by atoms with Crippen LogP contribution in [0, 0.1) is 11.8 Å². The van der Waals surface area contributed by atoms with E-state index in [9.17, 15) is 19.2 Å². The summed E-state index contributed by atoms with van der Waals surface area (Å²) in [5, 5.41) is 93.5. The zero-order valence-electron chi connectivity index (χ0n) is 87.1. The standard InChI is InChI=1S/2C26H30N10O.2C24H26N10O2.2C2H6/c2*1-4-17-6-5-11-35(14-17)23-12-18(9-10-27-23)24-20-13-19(7-8-22(20)29-30-24)28-25(37)21-15-36-26(31-32-33-36)34(3)16(21)2;2*1-14-12-33(8-9-36-14)21-10-16(6-7-25-21)22-18-11-17(4-5-20(18)27-28-22)26-23(35)19-13-34-24(29-30-31-34)32(3)15(19)2;2*1-2/h2*7-10,12-13,17H,4-6,11,14-15H2,1-3H3,(H,28,37)(H,29,30);2*4-7,10-11,14H,8-9,12-13H2,1-3H3,(H,26,35)(H,27,28);2*1-2H3/t2*17-;2*14-;;/m1010../s1. The second-order valence-electron chi connectivity index (χ2n) is 37.8. The van der Waals surface area contributed by atoms with Crippen LogP contribution in [0.15, 0.2) is 191 Å². The highest BCUT2D eigenvalue weighted by Gasteiger charge is 2.35. The summed E-state index contributed by atoms with van der Waals surface area (Å²) in [6.07, 6.45) is 15.0. The maximum absolute atomic E-state index is 13.2. The number of pyridine rings is 4. The number of fused-ring (bicyclic) bond motifs is 8. The Labute approximate surface area is 865 Å². The number of ether oxygens (including phenoxy) is 2. The lowest BCUT2D eigenvalue weighted by atomic mass is 9.95. The van der Waals surface area contributed by atoms with Crippen molar-refractivity contribution in [2.75, 3.05) is 154 Å². The van der Waals surface area contributed by atoms with Gasteiger partial charge in [0.2, 0.25) is 23.8 Å². The van der Waals surface area contributed by atoms with Crippen LogP contribution < -0.4 is 60.5 Å². The van der Waals surface area contributed by atoms with E-state index in [1.165, 1.54) is 38.5 Å². The number of rotatable bonds is 18. The minimum atomic E-state index is -0.197. The molecule has 8 aliphatic rings. The number of allylic oxidation sites excluding steroid dienone is 4. The van der Waals surface area contributed by atoms with E-state index >= 15 is 0 Å². The predicted octanol–water partition coefficient (Wildman–Crippen LogP) is 13.7. The summed E-state index contributed by atoms with van der Waals surface area (Å²) in [5.41, 5.74) is 19.2. The third-order valence-electron chi connectivity index (χ3n) is 28.7. The second kappa shape index (κ2) is 44.6. The SMILES string of the molecule is CC.CC.CC1=C(C(=O)Nc2ccc3[nH]nc(-c4ccnc(N5CCO[C@@H](C)C5)c4)c3c2)Cn2nnnc2N1C.CC1=C(C(=O)Nc2ccc3[nH]nc(-c4ccnc(N5CCO[C@H](C)C5)c4)c3c2)Cn2nnnc2N1C.CC[C@@H]1CCCN(c2cc(-c3n[nH]c4ccc(NC(=O)C5=C(C)N(C)c6nnnn6C5)cc34)ccn2)C1.CC[C@H]1CCCN(c2cc(-c3n[nH]c4ccc(NC(=O)C5=C(C)N(C)c6nnnn6C5)cc34)ccn2)C1. The van der Waals surface area contributed by atoms with E-state index in [4.69, 9.17) is 9.47 Å². The number of anilines is 12. The molecule has 16 aromatic rings. The number of aromatic amines is 4. The molecule has 4 atom stereocenters. The van der Waals surface area contributed by atoms with Gasteiger partial charge in [0, 0.05) is 195 Å². The first-order chi connectivity index (χ1) is 73.0. The van der Waals surface area contributed by atoms with E-state index in [1.54, 1.807) is 31.1 Å². The Bertz CT molecular complexity index is 7330. The van der Waals surface area contributed by atoms with E-state index in [2.05, 4.69) is 216 Å². The average Bonchev–Trinajstić information content (AvgIpc) is 1.60. The molecule has 24 rings (SSSR count). The zero-order chi connectivity index (χ0) is 105. The van der Waals surface area contributed by atoms with Crippen molar-refractivity contribution in [2.24, 2.45) is 11.8 Å². The predicted molar refractivity (Wildman–Crippen MR) is 576 cm³/mol. The molecule has 12 aromatic heterocycles. The first-order valence-corrected chi connectivity index (χ1v) is 51.0. The van der Waals surface area contributed by atoms with Gasteiger partial charge >= 0.3 is 0 Å². The molecule has 0 unspecified atom stereocenters. The van der Waals surface area contributed by atoms with Gasteiger partial charge in [-0.2, -0.15) is 20.4 Å². The van der Waals surface area contributed by atoms with Gasteiger partial charge in [-0.15, -0.1) is 0 Å². The Morgan fingerprint density at radius 3 is 0.847 bits per heavy atom. The van der Waals surface area contributed by atoms with Gasteiger partial charge in [0.25, 0.3) is 23.6 Å². The van der Waals surface area contributed by atoms with E-state index < -0.39 is 0 Å². The minimum absolute atomic E-state index is 0.164. The van der Waals surface area contributed by atoms with E-state index in [-0.39, 0.29) is 35.8 Å². The van der Waals surface area contributed by atoms with Gasteiger partial charge in [-0.25, -0.2) is 38.7 Å². The van der Waals surface area contributed by atoms with Gasteiger partial charge < -0.3 is 69.9 Å². The molecule has 0 saturated carbocycles. The normalized spacial score (nSPS) is 17.5. The van der Waals surface area contributed by atoms with Gasteiger partial charge in [0.05, 0.1) is 96.0 Å².